The van der Waals surface area contributed by atoms with Crippen LogP contribution in [-0.4, -0.2) is 31.5 Å². The van der Waals surface area contributed by atoms with Crippen molar-refractivity contribution in [2.75, 3.05) is 0 Å². The number of halogens is 2. The highest BCUT2D eigenvalue weighted by molar-refractivity contribution is 5.91. The van der Waals surface area contributed by atoms with Gasteiger partial charge in [0.25, 0.3) is 0 Å². The minimum absolute atomic E-state index is 0.206. The number of aromatic nitrogens is 3. The maximum absolute atomic E-state index is 14.5. The molecule has 0 aliphatic heterocycles. The van der Waals surface area contributed by atoms with Crippen LogP contribution in [0.15, 0.2) is 21.8 Å². The molecule has 0 radical (unpaired) electrons. The molecule has 2 heterocycles. The Kier molecular flexibility index (Phi) is 4.45. The molecule has 2 aromatic heterocycles. The van der Waals surface area contributed by atoms with Crippen LogP contribution in [0.25, 0.3) is 16.9 Å². The number of hydrogen-bond donors (Lipinski definition) is 2. The predicted octanol–water partition coefficient (Wildman–Crippen LogP) is 3.50. The predicted molar refractivity (Wildman–Crippen MR) is 88.9 cm³/mol. The number of nitrogens with zero attached hydrogens (tertiary/aromatic N) is 4. The minimum Gasteiger partial charge on any atom is -0.505 e. The van der Waals surface area contributed by atoms with Crippen molar-refractivity contribution in [2.45, 2.75) is 27.2 Å². The smallest absolute Gasteiger partial charge is 0.202 e. The zero-order valence-corrected chi connectivity index (χ0v) is 14.3. The molecule has 136 valence electrons. The van der Waals surface area contributed by atoms with Crippen LogP contribution >= 0.6 is 0 Å². The molecular weight excluding hydrogens is 346 g/mol. The Hall–Kier alpha value is -3.23. The molecule has 1 aromatic carbocycles. The van der Waals surface area contributed by atoms with Gasteiger partial charge < -0.3 is 14.8 Å². The van der Waals surface area contributed by atoms with Crippen LogP contribution in [0.3, 0.4) is 0 Å². The quantitative estimate of drug-likeness (QED) is 0.421. The number of phenols is 1. The highest BCUT2D eigenvalue weighted by Crippen LogP contribution is 2.35. The van der Waals surface area contributed by atoms with E-state index in [4.69, 9.17) is 9.73 Å². The second kappa shape index (κ2) is 6.58. The SMILES string of the molecule is CCc1nn(-c2ccc(O)c(F)c2F)c(-c2c(C)noc2C)c1/C=N/O. The van der Waals surface area contributed by atoms with E-state index >= 15 is 0 Å². The van der Waals surface area contributed by atoms with Gasteiger partial charge in [0.2, 0.25) is 5.82 Å². The van der Waals surface area contributed by atoms with Gasteiger partial charge in [0.15, 0.2) is 11.6 Å². The lowest BCUT2D eigenvalue weighted by molar-refractivity contribution is 0.322. The number of benzene rings is 1. The van der Waals surface area contributed by atoms with E-state index in [2.05, 4.69) is 15.4 Å². The lowest BCUT2D eigenvalue weighted by Crippen LogP contribution is -2.05. The molecule has 0 aliphatic rings. The van der Waals surface area contributed by atoms with E-state index in [1.165, 1.54) is 17.0 Å². The summed E-state index contributed by atoms with van der Waals surface area (Å²) in [4.78, 5) is 0. The van der Waals surface area contributed by atoms with Crippen LogP contribution in [0.5, 0.6) is 5.75 Å². The monoisotopic (exact) mass is 362 g/mol. The van der Waals surface area contributed by atoms with Crippen LogP contribution in [-0.2, 0) is 6.42 Å². The Morgan fingerprint density at radius 3 is 2.58 bits per heavy atom. The summed E-state index contributed by atoms with van der Waals surface area (Å²) in [6.45, 7) is 5.20. The van der Waals surface area contributed by atoms with Gasteiger partial charge in [0.1, 0.15) is 11.4 Å². The second-order valence-corrected chi connectivity index (χ2v) is 5.65. The fraction of sp³-hybridized carbons (Fsp3) is 0.235. The molecule has 0 aliphatic carbocycles. The Morgan fingerprint density at radius 1 is 1.27 bits per heavy atom. The van der Waals surface area contributed by atoms with Crippen molar-refractivity contribution in [3.05, 3.63) is 46.5 Å². The summed E-state index contributed by atoms with van der Waals surface area (Å²) >= 11 is 0. The molecule has 0 bridgehead atoms. The molecule has 3 rings (SSSR count). The van der Waals surface area contributed by atoms with Crippen molar-refractivity contribution in [1.29, 1.82) is 0 Å². The van der Waals surface area contributed by atoms with Crippen LogP contribution < -0.4 is 0 Å². The van der Waals surface area contributed by atoms with Gasteiger partial charge in [-0.2, -0.15) is 9.49 Å². The largest absolute Gasteiger partial charge is 0.505 e. The molecule has 0 unspecified atom stereocenters. The summed E-state index contributed by atoms with van der Waals surface area (Å²) in [6, 6.07) is 2.25. The zero-order valence-electron chi connectivity index (χ0n) is 14.3. The summed E-state index contributed by atoms with van der Waals surface area (Å²) < 4.78 is 34.7. The Morgan fingerprint density at radius 2 is 2.00 bits per heavy atom. The molecule has 26 heavy (non-hydrogen) atoms. The van der Waals surface area contributed by atoms with Crippen LogP contribution in [0.1, 0.15) is 29.6 Å². The topological polar surface area (TPSA) is 96.7 Å². The van der Waals surface area contributed by atoms with E-state index in [0.29, 0.717) is 40.4 Å². The summed E-state index contributed by atoms with van der Waals surface area (Å²) in [5.41, 5.74) is 2.11. The Balaban J connectivity index is 2.42. The maximum atomic E-state index is 14.5. The zero-order chi connectivity index (χ0) is 19.0. The van der Waals surface area contributed by atoms with Crippen molar-refractivity contribution < 1.29 is 23.6 Å². The molecule has 2 N–H and O–H groups in total. The summed E-state index contributed by atoms with van der Waals surface area (Å²) in [5.74, 6) is -2.99. The minimum atomic E-state index is -1.38. The van der Waals surface area contributed by atoms with Crippen LogP contribution in [0.2, 0.25) is 0 Å². The number of oxime groups is 1. The van der Waals surface area contributed by atoms with Crippen molar-refractivity contribution in [1.82, 2.24) is 14.9 Å². The third kappa shape index (κ3) is 2.61. The summed E-state index contributed by atoms with van der Waals surface area (Å²) in [6.07, 6.45) is 1.63. The second-order valence-electron chi connectivity index (χ2n) is 5.65. The van der Waals surface area contributed by atoms with E-state index in [0.717, 1.165) is 6.07 Å². The Bertz CT molecular complexity index is 989. The van der Waals surface area contributed by atoms with Crippen molar-refractivity contribution in [2.24, 2.45) is 5.16 Å². The fourth-order valence-corrected chi connectivity index (χ4v) is 2.86. The molecular formula is C17H16F2N4O3. The first-order valence-corrected chi connectivity index (χ1v) is 7.80. The van der Waals surface area contributed by atoms with Gasteiger partial charge in [-0.3, -0.25) is 0 Å². The van der Waals surface area contributed by atoms with Gasteiger partial charge in [-0.15, -0.1) is 0 Å². The number of phenolic OH excluding ortho intramolecular Hbond substituents is 1. The molecule has 0 amide bonds. The van der Waals surface area contributed by atoms with Crippen LogP contribution in [0, 0.1) is 25.5 Å². The summed E-state index contributed by atoms with van der Waals surface area (Å²) in [5, 5.41) is 29.7. The van der Waals surface area contributed by atoms with E-state index in [1.54, 1.807) is 13.8 Å². The molecule has 0 saturated heterocycles. The molecule has 7 nitrogen and oxygen atoms in total. The molecule has 0 spiro atoms. The third-order valence-corrected chi connectivity index (χ3v) is 4.06. The number of hydrogen-bond acceptors (Lipinski definition) is 6. The van der Waals surface area contributed by atoms with E-state index in [1.807, 2.05) is 6.92 Å². The van der Waals surface area contributed by atoms with Gasteiger partial charge >= 0.3 is 0 Å². The summed E-state index contributed by atoms with van der Waals surface area (Å²) in [7, 11) is 0. The third-order valence-electron chi connectivity index (χ3n) is 4.06. The van der Waals surface area contributed by atoms with Gasteiger partial charge in [-0.25, -0.2) is 9.07 Å². The number of aryl methyl sites for hydroxylation is 3. The first-order chi connectivity index (χ1) is 12.4. The lowest BCUT2D eigenvalue weighted by atomic mass is 10.0. The van der Waals surface area contributed by atoms with Crippen LogP contribution in [0.4, 0.5) is 8.78 Å². The molecule has 0 saturated carbocycles. The lowest BCUT2D eigenvalue weighted by Gasteiger charge is -2.10. The van der Waals surface area contributed by atoms with E-state index < -0.39 is 17.4 Å². The average Bonchev–Trinajstić information content (AvgIpc) is 3.13. The maximum Gasteiger partial charge on any atom is 0.202 e. The highest BCUT2D eigenvalue weighted by atomic mass is 19.2. The van der Waals surface area contributed by atoms with Gasteiger partial charge in [0, 0.05) is 5.56 Å². The number of rotatable bonds is 4. The molecule has 3 aromatic rings. The van der Waals surface area contributed by atoms with Gasteiger partial charge in [0.05, 0.1) is 28.9 Å². The van der Waals surface area contributed by atoms with Crippen molar-refractivity contribution in [3.8, 4) is 22.7 Å². The van der Waals surface area contributed by atoms with Gasteiger partial charge in [-0.05, 0) is 32.4 Å². The van der Waals surface area contributed by atoms with E-state index in [9.17, 15) is 13.9 Å². The molecule has 0 fully saturated rings. The standard InChI is InChI=1S/C17H16F2N4O3/c1-4-11-10(7-20-25)17(14-8(2)22-26-9(14)3)23(21-11)12-5-6-13(24)16(19)15(12)18/h5-7,24-25H,4H2,1-3H3/b20-7+. The first kappa shape index (κ1) is 17.6. The van der Waals surface area contributed by atoms with Crippen molar-refractivity contribution in [3.63, 3.8) is 0 Å². The first-order valence-electron chi connectivity index (χ1n) is 7.80. The van der Waals surface area contributed by atoms with E-state index in [-0.39, 0.29) is 5.69 Å². The number of aromatic hydroxyl groups is 1. The van der Waals surface area contributed by atoms with Crippen molar-refractivity contribution >= 4 is 6.21 Å². The van der Waals surface area contributed by atoms with Gasteiger partial charge in [-0.1, -0.05) is 17.2 Å². The average molecular weight is 362 g/mol. The normalized spacial score (nSPS) is 11.6. The molecule has 0 atom stereocenters. The highest BCUT2D eigenvalue weighted by Gasteiger charge is 2.26. The fourth-order valence-electron chi connectivity index (χ4n) is 2.86. The molecule has 9 heteroatoms. The Labute approximate surface area is 147 Å².